The maximum Gasteiger partial charge on any atom is 0.289 e. The number of nitrogens with zero attached hydrogens (tertiary/aromatic N) is 6. The normalized spacial score (nSPS) is 19.0. The van der Waals surface area contributed by atoms with Gasteiger partial charge in [-0.25, -0.2) is 4.98 Å². The minimum Gasteiger partial charge on any atom is -0.469 e. The summed E-state index contributed by atoms with van der Waals surface area (Å²) in [6, 6.07) is 16.2. The molecule has 2 aliphatic heterocycles. The first kappa shape index (κ1) is 29.0. The number of aromatic nitrogens is 2. The molecule has 0 aliphatic carbocycles. The second kappa shape index (κ2) is 12.6. The van der Waals surface area contributed by atoms with Crippen LogP contribution in [0.15, 0.2) is 55.1 Å². The monoisotopic (exact) mass is 567 g/mol. The average molecular weight is 568 g/mol. The molecule has 1 saturated heterocycles. The number of piperazine rings is 1. The van der Waals surface area contributed by atoms with Crippen LogP contribution in [-0.2, 0) is 11.2 Å². The quantitative estimate of drug-likeness (QED) is 0.412. The molecule has 3 heterocycles. The molecule has 1 aromatic heterocycles. The summed E-state index contributed by atoms with van der Waals surface area (Å²) in [6.07, 6.45) is 2.61. The number of fused-ring (bicyclic) bond motifs is 2. The number of nitriles is 1. The lowest BCUT2D eigenvalue weighted by Crippen LogP contribution is -2.55. The number of hydrogen-bond acceptors (Lipinski definition) is 8. The number of carbonyl (C=O) groups excluding carboxylic acids is 2. The minimum absolute atomic E-state index is 0.0364. The van der Waals surface area contributed by atoms with Gasteiger partial charge in [0.1, 0.15) is 11.9 Å². The van der Waals surface area contributed by atoms with E-state index in [2.05, 4.69) is 52.1 Å². The lowest BCUT2D eigenvalue weighted by atomic mass is 9.94. The molecule has 3 atom stereocenters. The Labute approximate surface area is 246 Å². The molecule has 5 rings (SSSR count). The van der Waals surface area contributed by atoms with Crippen molar-refractivity contribution in [1.82, 2.24) is 25.1 Å². The molecule has 0 saturated carbocycles. The summed E-state index contributed by atoms with van der Waals surface area (Å²) in [4.78, 5) is 41.1. The van der Waals surface area contributed by atoms with E-state index in [-0.39, 0.29) is 42.2 Å². The molecule has 2 amide bonds. The van der Waals surface area contributed by atoms with Crippen molar-refractivity contribution >= 4 is 28.4 Å². The molecular weight excluding hydrogens is 530 g/mol. The van der Waals surface area contributed by atoms with Crippen LogP contribution < -0.4 is 15.0 Å². The lowest BCUT2D eigenvalue weighted by Gasteiger charge is -2.41. The Morgan fingerprint density at radius 3 is 2.76 bits per heavy atom. The van der Waals surface area contributed by atoms with E-state index < -0.39 is 0 Å². The van der Waals surface area contributed by atoms with Gasteiger partial charge in [0.2, 0.25) is 17.6 Å². The predicted octanol–water partition coefficient (Wildman–Crippen LogP) is 3.49. The molecule has 10 heteroatoms. The van der Waals surface area contributed by atoms with Gasteiger partial charge in [-0.1, -0.05) is 49.0 Å². The van der Waals surface area contributed by atoms with Gasteiger partial charge in [0, 0.05) is 37.8 Å². The summed E-state index contributed by atoms with van der Waals surface area (Å²) < 4.78 is 6.57. The van der Waals surface area contributed by atoms with Crippen LogP contribution in [0.4, 0.5) is 5.82 Å². The van der Waals surface area contributed by atoms with E-state index in [0.29, 0.717) is 44.3 Å². The molecule has 2 aliphatic rings. The highest BCUT2D eigenvalue weighted by atomic mass is 16.5. The molecule has 0 spiro atoms. The highest BCUT2D eigenvalue weighted by molar-refractivity contribution is 5.91. The van der Waals surface area contributed by atoms with Crippen molar-refractivity contribution in [3.63, 3.8) is 0 Å². The van der Waals surface area contributed by atoms with Gasteiger partial charge in [0.05, 0.1) is 24.1 Å². The largest absolute Gasteiger partial charge is 0.469 e. The van der Waals surface area contributed by atoms with Gasteiger partial charge >= 0.3 is 0 Å². The zero-order chi connectivity index (χ0) is 29.8. The first-order valence-corrected chi connectivity index (χ1v) is 14.3. The van der Waals surface area contributed by atoms with Gasteiger partial charge in [-0.2, -0.15) is 10.2 Å². The van der Waals surface area contributed by atoms with Crippen LogP contribution in [0.2, 0.25) is 0 Å². The fraction of sp³-hybridized carbons (Fsp3) is 0.406. The van der Waals surface area contributed by atoms with Crippen LogP contribution in [0.3, 0.4) is 0 Å². The van der Waals surface area contributed by atoms with Gasteiger partial charge < -0.3 is 24.8 Å². The topological polar surface area (TPSA) is 115 Å². The third-order valence-corrected chi connectivity index (χ3v) is 7.81. The Hall–Kier alpha value is -4.49. The predicted molar refractivity (Wildman–Crippen MR) is 161 cm³/mol. The maximum atomic E-state index is 13.4. The van der Waals surface area contributed by atoms with Crippen molar-refractivity contribution in [1.29, 1.82) is 5.26 Å². The van der Waals surface area contributed by atoms with E-state index in [0.717, 1.165) is 28.3 Å². The number of anilines is 1. The van der Waals surface area contributed by atoms with Crippen molar-refractivity contribution in [3.05, 3.63) is 72.1 Å². The van der Waals surface area contributed by atoms with Crippen molar-refractivity contribution < 1.29 is 14.3 Å². The van der Waals surface area contributed by atoms with E-state index in [1.54, 1.807) is 4.90 Å². The van der Waals surface area contributed by atoms with Crippen LogP contribution in [0.25, 0.3) is 10.8 Å². The van der Waals surface area contributed by atoms with Crippen molar-refractivity contribution in [3.8, 4) is 11.9 Å². The maximum absolute atomic E-state index is 13.4. The SMILES string of the molecule is C=CC(=O)N1CCN(c2nc(C(=O)NC(C)CN(C)C)nc3c2CCC(c2cccc4ccccc24)O3)CC1CC#N. The van der Waals surface area contributed by atoms with Crippen LogP contribution >= 0.6 is 0 Å². The van der Waals surface area contributed by atoms with E-state index in [9.17, 15) is 14.9 Å². The fourth-order valence-corrected chi connectivity index (χ4v) is 5.97. The highest BCUT2D eigenvalue weighted by Gasteiger charge is 2.35. The third kappa shape index (κ3) is 6.06. The van der Waals surface area contributed by atoms with Crippen LogP contribution in [-0.4, -0.2) is 83.9 Å². The third-order valence-electron chi connectivity index (χ3n) is 7.81. The fourth-order valence-electron chi connectivity index (χ4n) is 5.97. The Balaban J connectivity index is 1.51. The van der Waals surface area contributed by atoms with Crippen LogP contribution in [0.5, 0.6) is 5.88 Å². The molecule has 0 bridgehead atoms. The summed E-state index contributed by atoms with van der Waals surface area (Å²) in [5, 5.41) is 14.7. The number of nitrogens with one attached hydrogen (secondary N) is 1. The number of rotatable bonds is 8. The van der Waals surface area contributed by atoms with E-state index in [1.165, 1.54) is 6.08 Å². The average Bonchev–Trinajstić information content (AvgIpc) is 2.99. The van der Waals surface area contributed by atoms with Gasteiger partial charge in [-0.15, -0.1) is 0 Å². The first-order valence-electron chi connectivity index (χ1n) is 14.3. The number of benzene rings is 2. The summed E-state index contributed by atoms with van der Waals surface area (Å²) >= 11 is 0. The van der Waals surface area contributed by atoms with Gasteiger partial charge in [0.25, 0.3) is 5.91 Å². The number of ether oxygens (including phenoxy) is 1. The smallest absolute Gasteiger partial charge is 0.289 e. The standard InChI is InChI=1S/C32H37N7O3/c1-5-28(40)39-18-17-38(20-23(39)15-16-33)30-26-13-14-27(25-12-8-10-22-9-6-7-11-24(22)25)42-32(26)36-29(35-30)31(41)34-21(2)19-37(3)4/h5-12,21,23,27H,1,13-15,17-20H2,2-4H3,(H,34,41). The molecule has 1 fully saturated rings. The van der Waals surface area contributed by atoms with Gasteiger partial charge in [-0.05, 0) is 50.7 Å². The van der Waals surface area contributed by atoms with Crippen LogP contribution in [0, 0.1) is 11.3 Å². The highest BCUT2D eigenvalue weighted by Crippen LogP contribution is 2.40. The Kier molecular flexibility index (Phi) is 8.69. The molecule has 0 radical (unpaired) electrons. The molecule has 3 unspecified atom stereocenters. The minimum atomic E-state index is -0.377. The number of amides is 2. The van der Waals surface area contributed by atoms with Crippen LogP contribution in [0.1, 0.15) is 47.6 Å². The van der Waals surface area contributed by atoms with Gasteiger partial charge in [0.15, 0.2) is 0 Å². The molecular formula is C32H37N7O3. The molecule has 2 aromatic carbocycles. The van der Waals surface area contributed by atoms with E-state index in [1.807, 2.05) is 44.1 Å². The Bertz CT molecular complexity index is 1530. The van der Waals surface area contributed by atoms with Crippen molar-refractivity contribution in [2.45, 2.75) is 44.4 Å². The number of carbonyl (C=O) groups is 2. The van der Waals surface area contributed by atoms with Crippen molar-refractivity contribution in [2.75, 3.05) is 45.2 Å². The van der Waals surface area contributed by atoms with Gasteiger partial charge in [-0.3, -0.25) is 9.59 Å². The Morgan fingerprint density at radius 1 is 1.21 bits per heavy atom. The zero-order valence-electron chi connectivity index (χ0n) is 24.4. The molecule has 3 aromatic rings. The first-order chi connectivity index (χ1) is 20.3. The summed E-state index contributed by atoms with van der Waals surface area (Å²) in [5.41, 5.74) is 1.92. The molecule has 218 valence electrons. The molecule has 42 heavy (non-hydrogen) atoms. The van der Waals surface area contributed by atoms with Crippen molar-refractivity contribution in [2.24, 2.45) is 0 Å². The lowest BCUT2D eigenvalue weighted by molar-refractivity contribution is -0.128. The van der Waals surface area contributed by atoms with E-state index >= 15 is 0 Å². The van der Waals surface area contributed by atoms with E-state index in [4.69, 9.17) is 9.72 Å². The number of hydrogen-bond donors (Lipinski definition) is 1. The molecule has 1 N–H and O–H groups in total. The summed E-state index contributed by atoms with van der Waals surface area (Å²) in [7, 11) is 3.90. The summed E-state index contributed by atoms with van der Waals surface area (Å²) in [5.74, 6) is 0.481. The second-order valence-corrected chi connectivity index (χ2v) is 11.2. The number of likely N-dealkylation sites (N-methyl/N-ethyl adjacent to an activating group) is 1. The summed E-state index contributed by atoms with van der Waals surface area (Å²) in [6.45, 7) is 7.53. The second-order valence-electron chi connectivity index (χ2n) is 11.2. The molecule has 10 nitrogen and oxygen atoms in total. The zero-order valence-corrected chi connectivity index (χ0v) is 24.4. The Morgan fingerprint density at radius 2 is 2.00 bits per heavy atom.